The summed E-state index contributed by atoms with van der Waals surface area (Å²) >= 11 is 5.80. The molecule has 0 aliphatic heterocycles. The molecule has 1 heterocycles. The topological polar surface area (TPSA) is 83.8 Å². The van der Waals surface area contributed by atoms with Crippen LogP contribution in [0.25, 0.3) is 11.3 Å². The summed E-state index contributed by atoms with van der Waals surface area (Å²) in [4.78, 5) is 16.5. The third kappa shape index (κ3) is 4.62. The number of benzene rings is 2. The Balaban J connectivity index is 1.69. The van der Waals surface area contributed by atoms with E-state index < -0.39 is 5.91 Å². The average molecular weight is 382 g/mol. The van der Waals surface area contributed by atoms with E-state index in [-0.39, 0.29) is 16.3 Å². The predicted octanol–water partition coefficient (Wildman–Crippen LogP) is 3.88. The largest absolute Gasteiger partial charge is 0.506 e. The molecule has 0 unspecified atom stereocenters. The molecule has 0 radical (unpaired) electrons. The molecular weight excluding hydrogens is 366 g/mol. The zero-order valence-electron chi connectivity index (χ0n) is 14.4. The number of amides is 1. The van der Waals surface area contributed by atoms with E-state index in [4.69, 9.17) is 16.3 Å². The van der Waals surface area contributed by atoms with Crippen molar-refractivity contribution in [3.8, 4) is 22.8 Å². The molecule has 0 aliphatic rings. The van der Waals surface area contributed by atoms with E-state index in [9.17, 15) is 9.90 Å². The monoisotopic (exact) mass is 381 g/mol. The Labute approximate surface area is 161 Å². The molecule has 1 amide bonds. The number of carbonyl (C=O) groups is 1. The number of halogens is 1. The maximum atomic E-state index is 12.0. The molecule has 3 rings (SSSR count). The van der Waals surface area contributed by atoms with Crippen LogP contribution in [0.15, 0.2) is 65.8 Å². The van der Waals surface area contributed by atoms with Gasteiger partial charge < -0.3 is 9.84 Å². The Hall–Kier alpha value is -3.38. The first-order valence-electron chi connectivity index (χ1n) is 8.00. The van der Waals surface area contributed by atoms with Crippen molar-refractivity contribution < 1.29 is 14.6 Å². The molecule has 1 aromatic heterocycles. The number of aromatic nitrogens is 1. The van der Waals surface area contributed by atoms with E-state index in [1.165, 1.54) is 24.4 Å². The molecule has 0 bridgehead atoms. The minimum atomic E-state index is -0.445. The summed E-state index contributed by atoms with van der Waals surface area (Å²) in [7, 11) is 1.62. The molecule has 136 valence electrons. The molecule has 0 saturated carbocycles. The van der Waals surface area contributed by atoms with Crippen molar-refractivity contribution in [2.75, 3.05) is 7.11 Å². The molecule has 3 aromatic rings. The fourth-order valence-corrected chi connectivity index (χ4v) is 2.50. The lowest BCUT2D eigenvalue weighted by Gasteiger charge is -2.04. The fourth-order valence-electron chi connectivity index (χ4n) is 2.32. The van der Waals surface area contributed by atoms with Crippen LogP contribution in [0.4, 0.5) is 0 Å². The number of aromatic hydroxyl groups is 1. The van der Waals surface area contributed by atoms with E-state index in [2.05, 4.69) is 15.5 Å². The van der Waals surface area contributed by atoms with Gasteiger partial charge in [0, 0.05) is 11.1 Å². The Morgan fingerprint density at radius 2 is 1.96 bits per heavy atom. The van der Waals surface area contributed by atoms with Gasteiger partial charge in [0.1, 0.15) is 11.5 Å². The number of hydrazone groups is 1. The van der Waals surface area contributed by atoms with Crippen molar-refractivity contribution in [3.63, 3.8) is 0 Å². The number of carbonyl (C=O) groups excluding carboxylic acids is 1. The summed E-state index contributed by atoms with van der Waals surface area (Å²) in [5.41, 5.74) is 4.99. The van der Waals surface area contributed by atoms with Gasteiger partial charge in [0.2, 0.25) is 0 Å². The molecule has 2 N–H and O–H groups in total. The lowest BCUT2D eigenvalue weighted by atomic mass is 10.1. The van der Waals surface area contributed by atoms with Crippen LogP contribution in [-0.2, 0) is 0 Å². The zero-order valence-corrected chi connectivity index (χ0v) is 15.1. The molecule has 0 aliphatic carbocycles. The SMILES string of the molecule is COc1ccc(-c2cccc(C=NNC(=O)c3ccc(O)c(Cl)c3)n2)cc1. The second-order valence-corrected chi connectivity index (χ2v) is 5.95. The Bertz CT molecular complexity index is 988. The van der Waals surface area contributed by atoms with Crippen molar-refractivity contribution in [3.05, 3.63) is 76.9 Å². The van der Waals surface area contributed by atoms with Crippen LogP contribution in [-0.4, -0.2) is 29.3 Å². The minimum absolute atomic E-state index is 0.0868. The highest BCUT2D eigenvalue weighted by molar-refractivity contribution is 6.32. The second-order valence-electron chi connectivity index (χ2n) is 5.54. The minimum Gasteiger partial charge on any atom is -0.506 e. The van der Waals surface area contributed by atoms with E-state index >= 15 is 0 Å². The van der Waals surface area contributed by atoms with Crippen LogP contribution < -0.4 is 10.2 Å². The van der Waals surface area contributed by atoms with Gasteiger partial charge >= 0.3 is 0 Å². The van der Waals surface area contributed by atoms with Gasteiger partial charge in [-0.2, -0.15) is 5.10 Å². The Morgan fingerprint density at radius 3 is 2.67 bits per heavy atom. The Kier molecular flexibility index (Phi) is 5.68. The van der Waals surface area contributed by atoms with Crippen LogP contribution in [0.1, 0.15) is 16.1 Å². The van der Waals surface area contributed by atoms with E-state index in [0.717, 1.165) is 17.0 Å². The first kappa shape index (κ1) is 18.4. The van der Waals surface area contributed by atoms with Crippen molar-refractivity contribution in [2.45, 2.75) is 0 Å². The molecule has 7 heteroatoms. The molecule has 0 saturated heterocycles. The first-order valence-corrected chi connectivity index (χ1v) is 8.38. The number of pyridine rings is 1. The quantitative estimate of drug-likeness (QED) is 0.519. The van der Waals surface area contributed by atoms with Gasteiger partial charge in [0.15, 0.2) is 0 Å². The van der Waals surface area contributed by atoms with Crippen molar-refractivity contribution in [1.82, 2.24) is 10.4 Å². The molecule has 2 aromatic carbocycles. The molecule has 0 spiro atoms. The molecule has 0 fully saturated rings. The van der Waals surface area contributed by atoms with Gasteiger partial charge in [-0.1, -0.05) is 17.7 Å². The predicted molar refractivity (Wildman–Crippen MR) is 104 cm³/mol. The maximum Gasteiger partial charge on any atom is 0.271 e. The van der Waals surface area contributed by atoms with Gasteiger partial charge in [0.05, 0.1) is 29.7 Å². The van der Waals surface area contributed by atoms with E-state index in [1.807, 2.05) is 36.4 Å². The number of phenols is 1. The molecule has 27 heavy (non-hydrogen) atoms. The number of hydrogen-bond donors (Lipinski definition) is 2. The van der Waals surface area contributed by atoms with Crippen molar-refractivity contribution >= 4 is 23.7 Å². The molecule has 0 atom stereocenters. The number of nitrogens with zero attached hydrogens (tertiary/aromatic N) is 2. The average Bonchev–Trinajstić information content (AvgIpc) is 2.70. The lowest BCUT2D eigenvalue weighted by molar-refractivity contribution is 0.0955. The highest BCUT2D eigenvalue weighted by atomic mass is 35.5. The number of hydrogen-bond acceptors (Lipinski definition) is 5. The maximum absolute atomic E-state index is 12.0. The standard InChI is InChI=1S/C20H16ClN3O3/c1-27-16-8-5-13(6-9-16)18-4-2-3-15(23-18)12-22-24-20(26)14-7-10-19(25)17(21)11-14/h2-12,25H,1H3,(H,24,26). The normalized spacial score (nSPS) is 10.7. The lowest BCUT2D eigenvalue weighted by Crippen LogP contribution is -2.17. The second kappa shape index (κ2) is 8.33. The van der Waals surface area contributed by atoms with Gasteiger partial charge in [-0.3, -0.25) is 4.79 Å². The summed E-state index contributed by atoms with van der Waals surface area (Å²) in [5, 5.41) is 13.4. The van der Waals surface area contributed by atoms with Crippen LogP contribution >= 0.6 is 11.6 Å². The first-order chi connectivity index (χ1) is 13.1. The third-order valence-corrected chi connectivity index (χ3v) is 4.03. The van der Waals surface area contributed by atoms with Gasteiger partial charge in [-0.25, -0.2) is 10.4 Å². The van der Waals surface area contributed by atoms with Gasteiger partial charge in [-0.15, -0.1) is 0 Å². The summed E-state index contributed by atoms with van der Waals surface area (Å²) < 4.78 is 5.15. The highest BCUT2D eigenvalue weighted by Crippen LogP contribution is 2.23. The Morgan fingerprint density at radius 1 is 1.19 bits per heavy atom. The fraction of sp³-hybridized carbons (Fsp3) is 0.0500. The summed E-state index contributed by atoms with van der Waals surface area (Å²) in [5.74, 6) is 0.240. The number of phenolic OH excluding ortho intramolecular Hbond substituents is 1. The van der Waals surface area contributed by atoms with Crippen molar-refractivity contribution in [1.29, 1.82) is 0 Å². The van der Waals surface area contributed by atoms with Crippen molar-refractivity contribution in [2.24, 2.45) is 5.10 Å². The number of ether oxygens (including phenoxy) is 1. The van der Waals surface area contributed by atoms with Gasteiger partial charge in [0.25, 0.3) is 5.91 Å². The zero-order chi connectivity index (χ0) is 19.2. The van der Waals surface area contributed by atoms with Gasteiger partial charge in [-0.05, 0) is 54.6 Å². The summed E-state index contributed by atoms with van der Waals surface area (Å²) in [6.45, 7) is 0. The highest BCUT2D eigenvalue weighted by Gasteiger charge is 2.07. The smallest absolute Gasteiger partial charge is 0.271 e. The van der Waals surface area contributed by atoms with E-state index in [1.54, 1.807) is 13.2 Å². The number of rotatable bonds is 5. The van der Waals surface area contributed by atoms with Crippen LogP contribution in [0.3, 0.4) is 0 Å². The van der Waals surface area contributed by atoms with Crippen LogP contribution in [0, 0.1) is 0 Å². The number of methoxy groups -OCH3 is 1. The van der Waals surface area contributed by atoms with Crippen LogP contribution in [0.2, 0.25) is 5.02 Å². The molecule has 6 nitrogen and oxygen atoms in total. The third-order valence-electron chi connectivity index (χ3n) is 3.73. The summed E-state index contributed by atoms with van der Waals surface area (Å²) in [6, 6.07) is 17.2. The number of nitrogens with one attached hydrogen (secondary N) is 1. The van der Waals surface area contributed by atoms with Crippen LogP contribution in [0.5, 0.6) is 11.5 Å². The summed E-state index contributed by atoms with van der Waals surface area (Å²) in [6.07, 6.45) is 1.45. The molecular formula is C20H16ClN3O3. The van der Waals surface area contributed by atoms with E-state index in [0.29, 0.717) is 5.69 Å².